The van der Waals surface area contributed by atoms with Gasteiger partial charge in [0, 0.05) is 0 Å². The fourth-order valence-electron chi connectivity index (χ4n) is 1.76. The first-order valence-corrected chi connectivity index (χ1v) is 5.32. The van der Waals surface area contributed by atoms with E-state index in [9.17, 15) is 0 Å². The first-order chi connectivity index (χ1) is 6.63. The molecule has 0 N–H and O–H groups in total. The molecule has 0 bridgehead atoms. The third-order valence-electron chi connectivity index (χ3n) is 2.57. The summed E-state index contributed by atoms with van der Waals surface area (Å²) < 4.78 is 0. The number of benzene rings is 1. The zero-order valence-corrected chi connectivity index (χ0v) is 9.67. The molecule has 1 aromatic carbocycles. The van der Waals surface area contributed by atoms with Crippen molar-refractivity contribution in [1.82, 2.24) is 0 Å². The molecule has 0 fully saturated rings. The lowest BCUT2D eigenvalue weighted by Crippen LogP contribution is -1.98. The van der Waals surface area contributed by atoms with Crippen molar-refractivity contribution in [2.24, 2.45) is 5.92 Å². The number of allylic oxidation sites excluding steroid dienone is 2. The first kappa shape index (κ1) is 11.0. The number of hydrogen-bond acceptors (Lipinski definition) is 0. The second kappa shape index (κ2) is 4.99. The third kappa shape index (κ3) is 3.02. The molecular weight excluding hydrogens is 168 g/mol. The molecule has 1 unspecified atom stereocenters. The molecule has 0 aromatic heterocycles. The molecule has 14 heavy (non-hydrogen) atoms. The Morgan fingerprint density at radius 3 is 2.64 bits per heavy atom. The van der Waals surface area contributed by atoms with E-state index in [1.807, 2.05) is 0 Å². The van der Waals surface area contributed by atoms with Gasteiger partial charge in [-0.25, -0.2) is 0 Å². The Kier molecular flexibility index (Phi) is 3.94. The summed E-state index contributed by atoms with van der Waals surface area (Å²) in [5, 5.41) is 0. The van der Waals surface area contributed by atoms with Crippen molar-refractivity contribution in [1.29, 1.82) is 0 Å². The summed E-state index contributed by atoms with van der Waals surface area (Å²) in [5.74, 6) is 0.639. The average Bonchev–Trinajstić information content (AvgIpc) is 2.12. The van der Waals surface area contributed by atoms with Crippen molar-refractivity contribution in [2.45, 2.75) is 34.1 Å². The van der Waals surface area contributed by atoms with E-state index in [2.05, 4.69) is 58.0 Å². The maximum absolute atomic E-state index is 2.30. The van der Waals surface area contributed by atoms with E-state index in [1.165, 1.54) is 16.7 Å². The molecule has 0 saturated heterocycles. The van der Waals surface area contributed by atoms with E-state index in [1.54, 1.807) is 0 Å². The predicted octanol–water partition coefficient (Wildman–Crippen LogP) is 4.06. The average molecular weight is 188 g/mol. The maximum atomic E-state index is 2.30. The van der Waals surface area contributed by atoms with Crippen LogP contribution in [0.5, 0.6) is 0 Å². The molecule has 0 spiro atoms. The minimum Gasteiger partial charge on any atom is -0.0914 e. The highest BCUT2D eigenvalue weighted by atomic mass is 14.1. The fraction of sp³-hybridized carbons (Fsp3) is 0.429. The highest BCUT2D eigenvalue weighted by Gasteiger charge is 2.02. The lowest BCUT2D eigenvalue weighted by molar-refractivity contribution is 0.718. The number of rotatable bonds is 3. The molecule has 0 radical (unpaired) electrons. The van der Waals surface area contributed by atoms with Gasteiger partial charge in [-0.15, -0.1) is 0 Å². The van der Waals surface area contributed by atoms with Crippen LogP contribution in [0.3, 0.4) is 0 Å². The smallest absolute Gasteiger partial charge is 0.0216 e. The maximum Gasteiger partial charge on any atom is -0.0216 e. The molecular formula is C14H20. The van der Waals surface area contributed by atoms with Crippen LogP contribution in [0.25, 0.3) is 0 Å². The Morgan fingerprint density at radius 1 is 1.29 bits per heavy atom. The lowest BCUT2D eigenvalue weighted by Gasteiger charge is -2.10. The second-order valence-corrected chi connectivity index (χ2v) is 4.14. The summed E-state index contributed by atoms with van der Waals surface area (Å²) in [5.41, 5.74) is 4.25. The van der Waals surface area contributed by atoms with Crippen molar-refractivity contribution in [3.63, 3.8) is 0 Å². The number of aryl methyl sites for hydroxylation is 2. The summed E-state index contributed by atoms with van der Waals surface area (Å²) in [4.78, 5) is 0. The van der Waals surface area contributed by atoms with Gasteiger partial charge in [-0.3, -0.25) is 0 Å². The predicted molar refractivity (Wildman–Crippen MR) is 63.6 cm³/mol. The van der Waals surface area contributed by atoms with Gasteiger partial charge >= 0.3 is 0 Å². The summed E-state index contributed by atoms with van der Waals surface area (Å²) in [6, 6.07) is 6.70. The molecule has 1 aromatic rings. The fourth-order valence-corrected chi connectivity index (χ4v) is 1.76. The molecule has 0 heterocycles. The van der Waals surface area contributed by atoms with Gasteiger partial charge in [0.2, 0.25) is 0 Å². The monoisotopic (exact) mass is 188 g/mol. The molecule has 0 saturated carbocycles. The van der Waals surface area contributed by atoms with Crippen molar-refractivity contribution in [2.75, 3.05) is 0 Å². The van der Waals surface area contributed by atoms with Crippen LogP contribution in [-0.2, 0) is 6.42 Å². The van der Waals surface area contributed by atoms with E-state index < -0.39 is 0 Å². The van der Waals surface area contributed by atoms with Gasteiger partial charge in [0.05, 0.1) is 0 Å². The second-order valence-electron chi connectivity index (χ2n) is 4.14. The minimum absolute atomic E-state index is 0.639. The summed E-state index contributed by atoms with van der Waals surface area (Å²) >= 11 is 0. The molecule has 0 amide bonds. The van der Waals surface area contributed by atoms with Crippen molar-refractivity contribution in [3.8, 4) is 0 Å². The Balaban J connectivity index is 2.80. The highest BCUT2D eigenvalue weighted by Crippen LogP contribution is 2.15. The van der Waals surface area contributed by atoms with E-state index in [0.29, 0.717) is 5.92 Å². The summed E-state index contributed by atoms with van der Waals surface area (Å²) in [6.07, 6.45) is 5.55. The molecule has 0 nitrogen and oxygen atoms in total. The Hall–Kier alpha value is -1.04. The normalized spacial score (nSPS) is 13.4. The van der Waals surface area contributed by atoms with Crippen LogP contribution in [0.15, 0.2) is 30.4 Å². The van der Waals surface area contributed by atoms with Gasteiger partial charge in [-0.05, 0) is 44.2 Å². The molecule has 76 valence electrons. The molecule has 1 atom stereocenters. The van der Waals surface area contributed by atoms with Crippen LogP contribution in [0.1, 0.15) is 30.5 Å². The SMILES string of the molecule is C/C=C\C(C)Cc1cc(C)ccc1C. The summed E-state index contributed by atoms with van der Waals surface area (Å²) in [6.45, 7) is 8.70. The topological polar surface area (TPSA) is 0 Å². The van der Waals surface area contributed by atoms with Crippen LogP contribution >= 0.6 is 0 Å². The zero-order chi connectivity index (χ0) is 10.6. The Morgan fingerprint density at radius 2 is 2.00 bits per heavy atom. The van der Waals surface area contributed by atoms with Gasteiger partial charge in [0.1, 0.15) is 0 Å². The zero-order valence-electron chi connectivity index (χ0n) is 9.67. The largest absolute Gasteiger partial charge is 0.0914 e. The molecule has 1 rings (SSSR count). The van der Waals surface area contributed by atoms with Gasteiger partial charge in [-0.1, -0.05) is 42.8 Å². The molecule has 0 aliphatic carbocycles. The lowest BCUT2D eigenvalue weighted by atomic mass is 9.96. The third-order valence-corrected chi connectivity index (χ3v) is 2.57. The quantitative estimate of drug-likeness (QED) is 0.627. The van der Waals surface area contributed by atoms with Gasteiger partial charge in [0.15, 0.2) is 0 Å². The van der Waals surface area contributed by atoms with E-state index >= 15 is 0 Å². The highest BCUT2D eigenvalue weighted by molar-refractivity contribution is 5.31. The van der Waals surface area contributed by atoms with Crippen LogP contribution in [0.4, 0.5) is 0 Å². The minimum atomic E-state index is 0.639. The number of hydrogen-bond donors (Lipinski definition) is 0. The Bertz CT molecular complexity index is 321. The van der Waals surface area contributed by atoms with Crippen LogP contribution in [0.2, 0.25) is 0 Å². The first-order valence-electron chi connectivity index (χ1n) is 5.32. The van der Waals surface area contributed by atoms with Crippen LogP contribution < -0.4 is 0 Å². The van der Waals surface area contributed by atoms with Gasteiger partial charge in [0.25, 0.3) is 0 Å². The van der Waals surface area contributed by atoms with E-state index in [-0.39, 0.29) is 0 Å². The Labute approximate surface area is 87.7 Å². The molecule has 0 heteroatoms. The van der Waals surface area contributed by atoms with Crippen molar-refractivity contribution >= 4 is 0 Å². The van der Waals surface area contributed by atoms with Crippen LogP contribution in [0, 0.1) is 19.8 Å². The van der Waals surface area contributed by atoms with E-state index in [4.69, 9.17) is 0 Å². The van der Waals surface area contributed by atoms with Gasteiger partial charge in [-0.2, -0.15) is 0 Å². The van der Waals surface area contributed by atoms with Crippen molar-refractivity contribution < 1.29 is 0 Å². The molecule has 0 aliphatic heterocycles. The standard InChI is InChI=1S/C14H20/c1-5-6-11(2)9-14-10-12(3)7-8-13(14)4/h5-8,10-11H,9H2,1-4H3/b6-5-. The van der Waals surface area contributed by atoms with Gasteiger partial charge < -0.3 is 0 Å². The van der Waals surface area contributed by atoms with Crippen LogP contribution in [-0.4, -0.2) is 0 Å². The molecule has 0 aliphatic rings. The van der Waals surface area contributed by atoms with E-state index in [0.717, 1.165) is 6.42 Å². The summed E-state index contributed by atoms with van der Waals surface area (Å²) in [7, 11) is 0. The van der Waals surface area contributed by atoms with Crippen molar-refractivity contribution in [3.05, 3.63) is 47.0 Å².